The lowest BCUT2D eigenvalue weighted by atomic mass is 10.2. The molecule has 128 valence electrons. The fourth-order valence-electron chi connectivity index (χ4n) is 3.05. The van der Waals surface area contributed by atoms with Crippen LogP contribution in [-0.4, -0.2) is 63.9 Å². The van der Waals surface area contributed by atoms with Crippen LogP contribution in [-0.2, 0) is 11.3 Å². The standard InChI is InChI=1S/C18H23ClN4O/c19-7-6-17(24)22-13-10-21(11-14-22)12-15-23-9-8-20-18(23)16-4-2-1-3-5-16/h1-5,8-9H,6-7,10-15H2. The number of halogens is 1. The summed E-state index contributed by atoms with van der Waals surface area (Å²) in [6.07, 6.45) is 4.32. The van der Waals surface area contributed by atoms with Crippen LogP contribution in [0.2, 0.25) is 0 Å². The summed E-state index contributed by atoms with van der Waals surface area (Å²) < 4.78 is 2.19. The Bertz CT molecular complexity index is 650. The van der Waals surface area contributed by atoms with E-state index in [1.165, 1.54) is 0 Å². The third kappa shape index (κ3) is 4.16. The number of piperazine rings is 1. The molecule has 1 aromatic heterocycles. The average Bonchev–Trinajstić information content (AvgIpc) is 3.10. The van der Waals surface area contributed by atoms with Crippen molar-refractivity contribution in [2.75, 3.05) is 38.6 Å². The van der Waals surface area contributed by atoms with E-state index < -0.39 is 0 Å². The second kappa shape index (κ2) is 8.31. The summed E-state index contributed by atoms with van der Waals surface area (Å²) in [5, 5.41) is 0. The highest BCUT2D eigenvalue weighted by molar-refractivity contribution is 6.18. The third-order valence-electron chi connectivity index (χ3n) is 4.44. The molecule has 1 fully saturated rings. The normalized spacial score (nSPS) is 15.6. The van der Waals surface area contributed by atoms with Crippen LogP contribution in [0.3, 0.4) is 0 Å². The lowest BCUT2D eigenvalue weighted by Crippen LogP contribution is -2.49. The van der Waals surface area contributed by atoms with Crippen LogP contribution < -0.4 is 0 Å². The molecular weight excluding hydrogens is 324 g/mol. The van der Waals surface area contributed by atoms with E-state index in [0.717, 1.165) is 50.7 Å². The molecule has 1 saturated heterocycles. The molecule has 5 nitrogen and oxygen atoms in total. The summed E-state index contributed by atoms with van der Waals surface area (Å²) in [7, 11) is 0. The average molecular weight is 347 g/mol. The van der Waals surface area contributed by atoms with Crippen LogP contribution in [0.15, 0.2) is 42.7 Å². The van der Waals surface area contributed by atoms with Gasteiger partial charge in [0.25, 0.3) is 0 Å². The van der Waals surface area contributed by atoms with E-state index in [1.807, 2.05) is 35.5 Å². The van der Waals surface area contributed by atoms with Crippen molar-refractivity contribution in [1.29, 1.82) is 0 Å². The highest BCUT2D eigenvalue weighted by Crippen LogP contribution is 2.16. The van der Waals surface area contributed by atoms with Gasteiger partial charge in [0.05, 0.1) is 0 Å². The summed E-state index contributed by atoms with van der Waals surface area (Å²) >= 11 is 5.65. The van der Waals surface area contributed by atoms with Gasteiger partial charge in [0.2, 0.25) is 5.91 Å². The van der Waals surface area contributed by atoms with Crippen LogP contribution in [0.5, 0.6) is 0 Å². The zero-order valence-corrected chi connectivity index (χ0v) is 14.5. The molecule has 24 heavy (non-hydrogen) atoms. The minimum Gasteiger partial charge on any atom is -0.340 e. The van der Waals surface area contributed by atoms with Crippen LogP contribution in [0.25, 0.3) is 11.4 Å². The van der Waals surface area contributed by atoms with E-state index in [1.54, 1.807) is 0 Å². The van der Waals surface area contributed by atoms with Gasteiger partial charge in [0, 0.05) is 69.5 Å². The molecule has 0 atom stereocenters. The van der Waals surface area contributed by atoms with Gasteiger partial charge < -0.3 is 9.47 Å². The molecule has 0 N–H and O–H groups in total. The van der Waals surface area contributed by atoms with Crippen LogP contribution in [0.4, 0.5) is 0 Å². The second-order valence-corrected chi connectivity index (χ2v) is 6.35. The Balaban J connectivity index is 1.51. The molecule has 2 aromatic rings. The van der Waals surface area contributed by atoms with Crippen molar-refractivity contribution < 1.29 is 4.79 Å². The van der Waals surface area contributed by atoms with E-state index in [0.29, 0.717) is 12.3 Å². The van der Waals surface area contributed by atoms with Gasteiger partial charge in [-0.1, -0.05) is 30.3 Å². The highest BCUT2D eigenvalue weighted by atomic mass is 35.5. The van der Waals surface area contributed by atoms with Gasteiger partial charge in [-0.2, -0.15) is 0 Å². The zero-order chi connectivity index (χ0) is 16.8. The third-order valence-corrected chi connectivity index (χ3v) is 4.63. The first-order valence-corrected chi connectivity index (χ1v) is 8.94. The molecule has 0 radical (unpaired) electrons. The van der Waals surface area contributed by atoms with Crippen molar-refractivity contribution in [2.24, 2.45) is 0 Å². The van der Waals surface area contributed by atoms with Gasteiger partial charge in [-0.05, 0) is 0 Å². The topological polar surface area (TPSA) is 41.4 Å². The number of imidazole rings is 1. The van der Waals surface area contributed by atoms with Gasteiger partial charge >= 0.3 is 0 Å². The van der Waals surface area contributed by atoms with Crippen LogP contribution in [0, 0.1) is 0 Å². The maximum absolute atomic E-state index is 11.9. The van der Waals surface area contributed by atoms with Crippen molar-refractivity contribution in [3.8, 4) is 11.4 Å². The number of hydrogen-bond acceptors (Lipinski definition) is 3. The molecule has 2 heterocycles. The number of amides is 1. The zero-order valence-electron chi connectivity index (χ0n) is 13.8. The predicted molar refractivity (Wildman–Crippen MR) is 96.0 cm³/mol. The fraction of sp³-hybridized carbons (Fsp3) is 0.444. The molecule has 0 bridgehead atoms. The molecule has 6 heteroatoms. The molecule has 1 aliphatic heterocycles. The lowest BCUT2D eigenvalue weighted by molar-refractivity contribution is -0.132. The summed E-state index contributed by atoms with van der Waals surface area (Å²) in [5.74, 6) is 1.58. The number of nitrogens with zero attached hydrogens (tertiary/aromatic N) is 4. The SMILES string of the molecule is O=C(CCCl)N1CCN(CCn2ccnc2-c2ccccc2)CC1. The number of alkyl halides is 1. The summed E-state index contributed by atoms with van der Waals surface area (Å²) in [4.78, 5) is 20.7. The molecular formula is C18H23ClN4O. The molecule has 1 aliphatic rings. The van der Waals surface area contributed by atoms with Gasteiger partial charge in [0.1, 0.15) is 5.82 Å². The van der Waals surface area contributed by atoms with Gasteiger partial charge in [-0.25, -0.2) is 4.98 Å². The van der Waals surface area contributed by atoms with E-state index in [2.05, 4.69) is 26.6 Å². The first kappa shape index (κ1) is 17.0. The second-order valence-electron chi connectivity index (χ2n) is 5.97. The molecule has 0 spiro atoms. The molecule has 3 rings (SSSR count). The number of rotatable bonds is 6. The van der Waals surface area contributed by atoms with Gasteiger partial charge in [0.15, 0.2) is 0 Å². The quantitative estimate of drug-likeness (QED) is 0.754. The molecule has 0 saturated carbocycles. The van der Waals surface area contributed by atoms with E-state index >= 15 is 0 Å². The van der Waals surface area contributed by atoms with Crippen molar-refractivity contribution in [2.45, 2.75) is 13.0 Å². The Hall–Kier alpha value is -1.85. The minimum absolute atomic E-state index is 0.172. The van der Waals surface area contributed by atoms with Gasteiger partial charge in [-0.3, -0.25) is 9.69 Å². The van der Waals surface area contributed by atoms with E-state index in [-0.39, 0.29) is 5.91 Å². The molecule has 0 aliphatic carbocycles. The van der Waals surface area contributed by atoms with Crippen molar-refractivity contribution in [3.05, 3.63) is 42.7 Å². The van der Waals surface area contributed by atoms with Crippen molar-refractivity contribution in [1.82, 2.24) is 19.4 Å². The largest absolute Gasteiger partial charge is 0.340 e. The number of aromatic nitrogens is 2. The fourth-order valence-corrected chi connectivity index (χ4v) is 3.21. The highest BCUT2D eigenvalue weighted by Gasteiger charge is 2.20. The van der Waals surface area contributed by atoms with E-state index in [9.17, 15) is 4.79 Å². The summed E-state index contributed by atoms with van der Waals surface area (Å²) in [5.41, 5.74) is 1.14. The molecule has 1 aromatic carbocycles. The maximum Gasteiger partial charge on any atom is 0.223 e. The Morgan fingerprint density at radius 1 is 1.08 bits per heavy atom. The maximum atomic E-state index is 11.9. The Labute approximate surface area is 147 Å². The molecule has 1 amide bonds. The smallest absolute Gasteiger partial charge is 0.223 e. The van der Waals surface area contributed by atoms with Crippen molar-refractivity contribution >= 4 is 17.5 Å². The van der Waals surface area contributed by atoms with Gasteiger partial charge in [-0.15, -0.1) is 11.6 Å². The van der Waals surface area contributed by atoms with Crippen LogP contribution >= 0.6 is 11.6 Å². The van der Waals surface area contributed by atoms with Crippen LogP contribution in [0.1, 0.15) is 6.42 Å². The minimum atomic E-state index is 0.172. The molecule has 0 unspecified atom stereocenters. The number of hydrogen-bond donors (Lipinski definition) is 0. The Morgan fingerprint density at radius 2 is 1.83 bits per heavy atom. The monoisotopic (exact) mass is 346 g/mol. The number of carbonyl (C=O) groups excluding carboxylic acids is 1. The predicted octanol–water partition coefficient (Wildman–Crippen LogP) is 2.32. The number of benzene rings is 1. The number of carbonyl (C=O) groups is 1. The summed E-state index contributed by atoms with van der Waals surface area (Å²) in [6, 6.07) is 10.2. The first-order chi connectivity index (χ1) is 11.8. The summed E-state index contributed by atoms with van der Waals surface area (Å²) in [6.45, 7) is 5.30. The van der Waals surface area contributed by atoms with Crippen molar-refractivity contribution in [3.63, 3.8) is 0 Å². The Morgan fingerprint density at radius 3 is 2.54 bits per heavy atom. The lowest BCUT2D eigenvalue weighted by Gasteiger charge is -2.34. The van der Waals surface area contributed by atoms with E-state index in [4.69, 9.17) is 11.6 Å². The Kier molecular flexibility index (Phi) is 5.88. The first-order valence-electron chi connectivity index (χ1n) is 8.40.